The first-order valence-electron chi connectivity index (χ1n) is 6.32. The molecule has 0 heterocycles. The molecule has 0 aromatic heterocycles. The molecule has 0 fully saturated rings. The number of hydrogen-bond donors (Lipinski definition) is 0. The SMILES string of the molecule is C[Si](C)(C)OOB(OO[Si](C)(C)C)OO[Si](C)(C)C.[Li]. The van der Waals surface area contributed by atoms with Gasteiger partial charge in [0.05, 0.1) is 0 Å². The molecule has 0 aliphatic carbocycles. The summed E-state index contributed by atoms with van der Waals surface area (Å²) in [7, 11) is -6.66. The largest absolute Gasteiger partial charge is 0.722 e. The van der Waals surface area contributed by atoms with Gasteiger partial charge in [-0.1, -0.05) is 0 Å². The Labute approximate surface area is 138 Å². The van der Waals surface area contributed by atoms with E-state index in [1.54, 1.807) is 0 Å². The molecule has 20 heavy (non-hydrogen) atoms. The zero-order valence-corrected chi connectivity index (χ0v) is 17.5. The predicted molar refractivity (Wildman–Crippen MR) is 88.1 cm³/mol. The van der Waals surface area contributed by atoms with Crippen LogP contribution in [-0.2, 0) is 28.1 Å². The van der Waals surface area contributed by atoms with Crippen LogP contribution in [0.25, 0.3) is 0 Å². The minimum Gasteiger partial charge on any atom is -0.297 e. The first-order chi connectivity index (χ1) is 8.29. The van der Waals surface area contributed by atoms with Crippen LogP contribution in [-0.4, -0.2) is 51.1 Å². The Kier molecular flexibility index (Phi) is 10.8. The molecule has 0 saturated heterocycles. The van der Waals surface area contributed by atoms with Gasteiger partial charge in [0.2, 0.25) is 25.0 Å². The van der Waals surface area contributed by atoms with E-state index in [-0.39, 0.29) is 18.9 Å². The molecule has 0 spiro atoms. The summed E-state index contributed by atoms with van der Waals surface area (Å²) in [5.74, 6) is 0. The molecule has 115 valence electrons. The Hall–Kier alpha value is 1.07. The monoisotopic (exact) mass is 333 g/mol. The molecule has 0 aromatic rings. The molecular weight excluding hydrogens is 306 g/mol. The summed E-state index contributed by atoms with van der Waals surface area (Å²) in [6, 6.07) is 0. The van der Waals surface area contributed by atoms with Gasteiger partial charge in [-0.25, -0.2) is 14.4 Å². The number of rotatable bonds is 9. The van der Waals surface area contributed by atoms with Crippen molar-refractivity contribution in [2.75, 3.05) is 0 Å². The molecule has 0 aliphatic heterocycles. The molecule has 0 aliphatic rings. The zero-order chi connectivity index (χ0) is 15.3. The smallest absolute Gasteiger partial charge is 0.297 e. The Morgan fingerprint density at radius 1 is 0.500 bits per heavy atom. The van der Waals surface area contributed by atoms with Gasteiger partial charge in [-0.3, -0.25) is 13.7 Å². The van der Waals surface area contributed by atoms with Crippen LogP contribution in [0.4, 0.5) is 0 Å². The standard InChI is InChI=1S/C9H27BO6Si3.Li/c1-17(2,3)14-11-10(12-15-18(4,5)6)13-16-19(7,8)9;/h1-9H3;. The zero-order valence-electron chi connectivity index (χ0n) is 14.5. The van der Waals surface area contributed by atoms with Crippen molar-refractivity contribution in [3.05, 3.63) is 0 Å². The van der Waals surface area contributed by atoms with Crippen molar-refractivity contribution in [3.63, 3.8) is 0 Å². The maximum Gasteiger partial charge on any atom is 0.722 e. The van der Waals surface area contributed by atoms with Gasteiger partial charge in [0.1, 0.15) is 0 Å². The molecule has 0 rings (SSSR count). The Balaban J connectivity index is 0. The molecule has 0 N–H and O–H groups in total. The third-order valence-corrected chi connectivity index (χ3v) is 2.92. The molecule has 0 aromatic carbocycles. The van der Waals surface area contributed by atoms with Crippen LogP contribution in [0, 0.1) is 0 Å². The topological polar surface area (TPSA) is 55.4 Å². The summed E-state index contributed by atoms with van der Waals surface area (Å²) in [6.45, 7) is 17.9. The van der Waals surface area contributed by atoms with Crippen molar-refractivity contribution in [2.24, 2.45) is 0 Å². The molecule has 0 atom stereocenters. The van der Waals surface area contributed by atoms with Crippen molar-refractivity contribution in [1.29, 1.82) is 0 Å². The van der Waals surface area contributed by atoms with Gasteiger partial charge in [-0.15, -0.1) is 0 Å². The third kappa shape index (κ3) is 17.1. The van der Waals surface area contributed by atoms with Crippen LogP contribution in [0.15, 0.2) is 0 Å². The van der Waals surface area contributed by atoms with Crippen LogP contribution in [0.3, 0.4) is 0 Å². The Bertz CT molecular complexity index is 223. The van der Waals surface area contributed by atoms with Crippen molar-refractivity contribution < 1.29 is 28.1 Å². The van der Waals surface area contributed by atoms with Gasteiger partial charge in [-0.05, 0) is 58.9 Å². The average Bonchev–Trinajstić information content (AvgIpc) is 2.11. The van der Waals surface area contributed by atoms with Crippen LogP contribution in [0.1, 0.15) is 0 Å². The van der Waals surface area contributed by atoms with E-state index in [4.69, 9.17) is 28.1 Å². The fourth-order valence-electron chi connectivity index (χ4n) is 0.599. The fourth-order valence-corrected chi connectivity index (χ4v) is 1.70. The summed E-state index contributed by atoms with van der Waals surface area (Å²) < 4.78 is 15.8. The summed E-state index contributed by atoms with van der Waals surface area (Å²) >= 11 is 0. The van der Waals surface area contributed by atoms with Gasteiger partial charge in [0.25, 0.3) is 0 Å². The van der Waals surface area contributed by atoms with E-state index in [2.05, 4.69) is 0 Å². The van der Waals surface area contributed by atoms with Crippen molar-refractivity contribution in [1.82, 2.24) is 0 Å². The van der Waals surface area contributed by atoms with Gasteiger partial charge in [0.15, 0.2) is 0 Å². The molecule has 0 amide bonds. The first-order valence-corrected chi connectivity index (χ1v) is 16.5. The van der Waals surface area contributed by atoms with E-state index in [1.165, 1.54) is 0 Å². The molecule has 0 saturated carbocycles. The normalized spacial score (nSPS) is 13.1. The van der Waals surface area contributed by atoms with Crippen molar-refractivity contribution >= 4 is 51.1 Å². The second-order valence-electron chi connectivity index (χ2n) is 7.16. The predicted octanol–water partition coefficient (Wildman–Crippen LogP) is 2.94. The van der Waals surface area contributed by atoms with E-state index in [0.29, 0.717) is 0 Å². The minimum atomic E-state index is -1.84. The van der Waals surface area contributed by atoms with Crippen LogP contribution < -0.4 is 0 Å². The quantitative estimate of drug-likeness (QED) is 0.367. The summed E-state index contributed by atoms with van der Waals surface area (Å²) in [6.07, 6.45) is 0. The molecule has 0 unspecified atom stereocenters. The van der Waals surface area contributed by atoms with Crippen molar-refractivity contribution in [3.8, 4) is 0 Å². The molecule has 11 heteroatoms. The van der Waals surface area contributed by atoms with Crippen LogP contribution in [0.2, 0.25) is 58.9 Å². The van der Waals surface area contributed by atoms with Crippen LogP contribution in [0.5, 0.6) is 0 Å². The van der Waals surface area contributed by atoms with E-state index in [9.17, 15) is 0 Å². The van der Waals surface area contributed by atoms with E-state index < -0.39 is 32.3 Å². The third-order valence-electron chi connectivity index (χ3n) is 1.13. The number of hydrogen-bond acceptors (Lipinski definition) is 6. The average molecular weight is 333 g/mol. The van der Waals surface area contributed by atoms with Gasteiger partial charge >= 0.3 is 7.32 Å². The molecular formula is C9H27BLiO6Si3. The summed E-state index contributed by atoms with van der Waals surface area (Å²) in [5, 5.41) is 0. The Morgan fingerprint density at radius 3 is 0.850 bits per heavy atom. The molecule has 1 radical (unpaired) electrons. The van der Waals surface area contributed by atoms with E-state index >= 15 is 0 Å². The summed E-state index contributed by atoms with van der Waals surface area (Å²) in [4.78, 5) is 15.3. The van der Waals surface area contributed by atoms with Crippen LogP contribution >= 0.6 is 0 Å². The maximum absolute atomic E-state index is 5.28. The molecule has 6 nitrogen and oxygen atoms in total. The van der Waals surface area contributed by atoms with Gasteiger partial charge in [0, 0.05) is 18.9 Å². The fraction of sp³-hybridized carbons (Fsp3) is 1.00. The minimum absolute atomic E-state index is 0. The van der Waals surface area contributed by atoms with E-state index in [0.717, 1.165) is 0 Å². The second-order valence-corrected chi connectivity index (χ2v) is 20.3. The van der Waals surface area contributed by atoms with Crippen molar-refractivity contribution in [2.45, 2.75) is 58.9 Å². The van der Waals surface area contributed by atoms with Gasteiger partial charge < -0.3 is 0 Å². The molecule has 0 bridgehead atoms. The van der Waals surface area contributed by atoms with E-state index in [1.807, 2.05) is 58.9 Å². The summed E-state index contributed by atoms with van der Waals surface area (Å²) in [5.41, 5.74) is 0. The Morgan fingerprint density at radius 2 is 0.700 bits per heavy atom. The second kappa shape index (κ2) is 9.27. The first kappa shape index (κ1) is 23.3. The van der Waals surface area contributed by atoms with Gasteiger partial charge in [-0.2, -0.15) is 0 Å². The maximum atomic E-state index is 5.28.